The van der Waals surface area contributed by atoms with Gasteiger partial charge in [-0.3, -0.25) is 9.59 Å². The van der Waals surface area contributed by atoms with E-state index in [1.165, 1.54) is 353 Å². The number of carbonyl (C=O) groups excluding carboxylic acids is 2. The van der Waals surface area contributed by atoms with E-state index in [2.05, 4.69) is 43.5 Å². The average Bonchev–Trinajstić information content (AvgIpc) is 3.52. The molecule has 0 radical (unpaired) electrons. The predicted molar refractivity (Wildman–Crippen MR) is 370 cm³/mol. The lowest BCUT2D eigenvalue weighted by molar-refractivity contribution is -0.143. The molecule has 0 aromatic carbocycles. The summed E-state index contributed by atoms with van der Waals surface area (Å²) < 4.78 is 5.50. The summed E-state index contributed by atoms with van der Waals surface area (Å²) in [7, 11) is 0. The highest BCUT2D eigenvalue weighted by Crippen LogP contribution is 2.19. The Balaban J connectivity index is 3.38. The summed E-state index contributed by atoms with van der Waals surface area (Å²) in [6.07, 6.45) is 95.4. The zero-order valence-corrected chi connectivity index (χ0v) is 56.9. The van der Waals surface area contributed by atoms with E-state index in [-0.39, 0.29) is 18.5 Å². The fourth-order valence-electron chi connectivity index (χ4n) is 12.1. The predicted octanol–water partition coefficient (Wildman–Crippen LogP) is 25.0. The van der Waals surface area contributed by atoms with Gasteiger partial charge in [0.2, 0.25) is 5.91 Å². The summed E-state index contributed by atoms with van der Waals surface area (Å²) in [5.74, 6) is -0.0427. The van der Waals surface area contributed by atoms with Gasteiger partial charge in [0.05, 0.1) is 25.4 Å². The maximum atomic E-state index is 12.5. The van der Waals surface area contributed by atoms with Crippen LogP contribution in [0.4, 0.5) is 0 Å². The van der Waals surface area contributed by atoms with E-state index in [0.29, 0.717) is 19.4 Å². The third-order valence-electron chi connectivity index (χ3n) is 17.9. The van der Waals surface area contributed by atoms with Crippen molar-refractivity contribution in [2.24, 2.45) is 0 Å². The fraction of sp³-hybridized carbons (Fsp3) is 0.897. The first-order valence-electron chi connectivity index (χ1n) is 38.3. The summed E-state index contributed by atoms with van der Waals surface area (Å²) >= 11 is 0. The Hall–Kier alpha value is -1.92. The number of aliphatic hydroxyl groups is 2. The summed E-state index contributed by atoms with van der Waals surface area (Å²) in [4.78, 5) is 24.6. The van der Waals surface area contributed by atoms with Crippen LogP contribution in [0.1, 0.15) is 425 Å². The monoisotopic (exact) mass is 1180 g/mol. The van der Waals surface area contributed by atoms with Gasteiger partial charge in [0.15, 0.2) is 0 Å². The zero-order valence-electron chi connectivity index (χ0n) is 56.9. The first-order chi connectivity index (χ1) is 41.5. The van der Waals surface area contributed by atoms with Crippen LogP contribution < -0.4 is 5.32 Å². The second-order valence-corrected chi connectivity index (χ2v) is 26.3. The van der Waals surface area contributed by atoms with Crippen molar-refractivity contribution < 1.29 is 24.5 Å². The summed E-state index contributed by atoms with van der Waals surface area (Å²) in [6, 6.07) is -0.627. The molecule has 0 aliphatic carbocycles. The smallest absolute Gasteiger partial charge is 0.305 e. The molecule has 496 valence electrons. The topological polar surface area (TPSA) is 95.9 Å². The Morgan fingerprint density at radius 1 is 0.333 bits per heavy atom. The van der Waals surface area contributed by atoms with E-state index in [1.54, 1.807) is 6.08 Å². The highest BCUT2D eigenvalue weighted by atomic mass is 16.5. The van der Waals surface area contributed by atoms with Crippen molar-refractivity contribution in [3.05, 3.63) is 36.5 Å². The van der Waals surface area contributed by atoms with Crippen LogP contribution in [0.2, 0.25) is 0 Å². The highest BCUT2D eigenvalue weighted by Gasteiger charge is 2.18. The van der Waals surface area contributed by atoms with Crippen LogP contribution in [0.25, 0.3) is 0 Å². The fourth-order valence-corrected chi connectivity index (χ4v) is 12.1. The third-order valence-corrected chi connectivity index (χ3v) is 17.9. The Bertz CT molecular complexity index is 1360. The number of amides is 1. The van der Waals surface area contributed by atoms with E-state index in [0.717, 1.165) is 44.9 Å². The Morgan fingerprint density at radius 3 is 0.905 bits per heavy atom. The minimum absolute atomic E-state index is 0.0194. The van der Waals surface area contributed by atoms with Gasteiger partial charge in [0.25, 0.3) is 0 Å². The summed E-state index contributed by atoms with van der Waals surface area (Å²) in [6.45, 7) is 4.95. The second kappa shape index (κ2) is 73.5. The molecular weight excluding hydrogens is 1030 g/mol. The van der Waals surface area contributed by atoms with Crippen LogP contribution in [-0.2, 0) is 14.3 Å². The molecule has 2 atom stereocenters. The largest absolute Gasteiger partial charge is 0.466 e. The van der Waals surface area contributed by atoms with Gasteiger partial charge in [-0.05, 0) is 64.2 Å². The van der Waals surface area contributed by atoms with Crippen LogP contribution >= 0.6 is 0 Å². The number of hydrogen-bond donors (Lipinski definition) is 3. The molecule has 0 saturated heterocycles. The SMILES string of the molecule is CCCCCCCCCCCCCCCCCC/C=C/C(O)C(CO)NC(=O)CCCCCCCCCCCCCCCCCCC/C=C\C/C=C\CCCCCCCCCCCCCOC(=O)CCCCCCCCCCCCCCCC. The van der Waals surface area contributed by atoms with Gasteiger partial charge in [-0.2, -0.15) is 0 Å². The number of ether oxygens (including phenoxy) is 1. The molecule has 6 heteroatoms. The van der Waals surface area contributed by atoms with Crippen molar-refractivity contribution in [2.75, 3.05) is 13.2 Å². The van der Waals surface area contributed by atoms with Gasteiger partial charge < -0.3 is 20.3 Å². The lowest BCUT2D eigenvalue weighted by Crippen LogP contribution is -2.45. The summed E-state index contributed by atoms with van der Waals surface area (Å²) in [5.41, 5.74) is 0. The molecule has 0 aliphatic rings. The number of unbranched alkanes of at least 4 members (excludes halogenated alkanes) is 57. The van der Waals surface area contributed by atoms with Crippen molar-refractivity contribution in [2.45, 2.75) is 437 Å². The van der Waals surface area contributed by atoms with Gasteiger partial charge in [0, 0.05) is 12.8 Å². The maximum Gasteiger partial charge on any atom is 0.305 e. The first-order valence-corrected chi connectivity index (χ1v) is 38.3. The molecule has 0 spiro atoms. The molecular formula is C78H149NO5. The molecule has 0 rings (SSSR count). The molecule has 0 heterocycles. The average molecular weight is 1180 g/mol. The third kappa shape index (κ3) is 69.2. The number of allylic oxidation sites excluding steroid dienone is 5. The van der Waals surface area contributed by atoms with Gasteiger partial charge in [0.1, 0.15) is 0 Å². The molecule has 3 N–H and O–H groups in total. The normalized spacial score (nSPS) is 12.7. The number of esters is 1. The van der Waals surface area contributed by atoms with E-state index in [9.17, 15) is 19.8 Å². The molecule has 6 nitrogen and oxygen atoms in total. The maximum absolute atomic E-state index is 12.5. The standard InChI is InChI=1S/C78H149NO5/c1-3-5-7-9-11-13-15-17-19-20-40-43-46-50-54-58-62-66-70-76(81)75(74-80)79-77(82)71-67-63-59-55-51-47-44-41-38-36-34-32-30-28-26-24-22-21-23-25-27-29-31-33-35-37-39-42-45-49-53-57-61-65-69-73-84-78(83)72-68-64-60-56-52-48-18-16-14-12-10-8-6-4-2/h23,25,29,31,66,70,75-76,80-81H,3-22,24,26-28,30,32-65,67-69,71-74H2,1-2H3,(H,79,82)/b25-23-,31-29-,70-66+. The quantitative estimate of drug-likeness (QED) is 0.0320. The van der Waals surface area contributed by atoms with Crippen LogP contribution in [0.5, 0.6) is 0 Å². The van der Waals surface area contributed by atoms with Crippen molar-refractivity contribution in [1.82, 2.24) is 5.32 Å². The van der Waals surface area contributed by atoms with Crippen LogP contribution in [0, 0.1) is 0 Å². The van der Waals surface area contributed by atoms with Crippen molar-refractivity contribution >= 4 is 11.9 Å². The van der Waals surface area contributed by atoms with Crippen molar-refractivity contribution in [3.63, 3.8) is 0 Å². The molecule has 1 amide bonds. The zero-order chi connectivity index (χ0) is 60.6. The van der Waals surface area contributed by atoms with E-state index in [4.69, 9.17) is 4.74 Å². The number of rotatable bonds is 72. The number of hydrogen-bond acceptors (Lipinski definition) is 5. The summed E-state index contributed by atoms with van der Waals surface area (Å²) in [5, 5.41) is 23.2. The molecule has 0 aliphatic heterocycles. The molecule has 0 bridgehead atoms. The molecule has 0 saturated carbocycles. The number of carbonyl (C=O) groups is 2. The van der Waals surface area contributed by atoms with E-state index >= 15 is 0 Å². The Morgan fingerprint density at radius 2 is 0.595 bits per heavy atom. The van der Waals surface area contributed by atoms with Gasteiger partial charge in [-0.1, -0.05) is 384 Å². The Kier molecular flexibility index (Phi) is 71.9. The van der Waals surface area contributed by atoms with Crippen molar-refractivity contribution in [1.29, 1.82) is 0 Å². The van der Waals surface area contributed by atoms with Crippen LogP contribution in [-0.4, -0.2) is 47.4 Å². The minimum Gasteiger partial charge on any atom is -0.466 e. The molecule has 84 heavy (non-hydrogen) atoms. The lowest BCUT2D eigenvalue weighted by Gasteiger charge is -2.20. The van der Waals surface area contributed by atoms with E-state index in [1.807, 2.05) is 6.08 Å². The van der Waals surface area contributed by atoms with Gasteiger partial charge >= 0.3 is 5.97 Å². The minimum atomic E-state index is -0.843. The highest BCUT2D eigenvalue weighted by molar-refractivity contribution is 5.76. The van der Waals surface area contributed by atoms with Crippen LogP contribution in [0.15, 0.2) is 36.5 Å². The lowest BCUT2D eigenvalue weighted by atomic mass is 10.0. The van der Waals surface area contributed by atoms with Crippen LogP contribution in [0.3, 0.4) is 0 Å². The van der Waals surface area contributed by atoms with Crippen molar-refractivity contribution in [3.8, 4) is 0 Å². The second-order valence-electron chi connectivity index (χ2n) is 26.3. The van der Waals surface area contributed by atoms with Gasteiger partial charge in [-0.25, -0.2) is 0 Å². The van der Waals surface area contributed by atoms with Gasteiger partial charge in [-0.15, -0.1) is 0 Å². The molecule has 0 fully saturated rings. The first kappa shape index (κ1) is 82.1. The molecule has 0 aromatic heterocycles. The molecule has 2 unspecified atom stereocenters. The number of nitrogens with one attached hydrogen (secondary N) is 1. The van der Waals surface area contributed by atoms with E-state index < -0.39 is 12.1 Å². The number of aliphatic hydroxyl groups excluding tert-OH is 2. The Labute approximate surface area is 525 Å². The molecule has 0 aromatic rings.